The van der Waals surface area contributed by atoms with Crippen LogP contribution in [0.3, 0.4) is 0 Å². The fourth-order valence-corrected chi connectivity index (χ4v) is 2.37. The van der Waals surface area contributed by atoms with Gasteiger partial charge in [0.15, 0.2) is 12.3 Å². The van der Waals surface area contributed by atoms with Crippen molar-refractivity contribution in [1.82, 2.24) is 4.98 Å². The molecule has 2 N–H and O–H groups in total. The van der Waals surface area contributed by atoms with Gasteiger partial charge in [-0.3, -0.25) is 4.79 Å². The molecule has 0 bridgehead atoms. The maximum absolute atomic E-state index is 11.8. The van der Waals surface area contributed by atoms with Crippen LogP contribution in [0.2, 0.25) is 5.02 Å². The van der Waals surface area contributed by atoms with Crippen molar-refractivity contribution in [2.24, 2.45) is 10.2 Å². The maximum Gasteiger partial charge on any atom is 0.302 e. The highest BCUT2D eigenvalue weighted by Gasteiger charge is 2.12. The van der Waals surface area contributed by atoms with Crippen molar-refractivity contribution in [1.29, 1.82) is 0 Å². The molecule has 0 spiro atoms. The number of azo groups is 1. The van der Waals surface area contributed by atoms with E-state index >= 15 is 0 Å². The van der Waals surface area contributed by atoms with Gasteiger partial charge >= 0.3 is 5.91 Å². The molecular weight excluding hydrogens is 330 g/mol. The SMILES string of the molecule is Cc1cccc2c(N=NC(=O)COc3ccc(Cl)cc3)c(O)[nH]c12. The van der Waals surface area contributed by atoms with E-state index in [1.54, 1.807) is 30.3 Å². The molecule has 2 aromatic carbocycles. The number of benzene rings is 2. The summed E-state index contributed by atoms with van der Waals surface area (Å²) in [5.74, 6) is -0.186. The number of halogens is 1. The molecule has 0 aliphatic carbocycles. The number of H-pyrrole nitrogens is 1. The van der Waals surface area contributed by atoms with Gasteiger partial charge in [-0.25, -0.2) is 0 Å². The third kappa shape index (κ3) is 3.38. The number of rotatable bonds is 4. The van der Waals surface area contributed by atoms with Gasteiger partial charge < -0.3 is 14.8 Å². The van der Waals surface area contributed by atoms with Crippen LogP contribution in [-0.4, -0.2) is 22.6 Å². The standard InChI is InChI=1S/C17H14ClN3O3/c1-10-3-2-4-13-15(10)19-17(23)16(13)21-20-14(22)9-24-12-7-5-11(18)6-8-12/h2-8,19,23H,9H2,1H3. The third-order valence-corrected chi connectivity index (χ3v) is 3.69. The molecule has 0 atom stereocenters. The van der Waals surface area contributed by atoms with Crippen LogP contribution in [-0.2, 0) is 4.79 Å². The van der Waals surface area contributed by atoms with Gasteiger partial charge in [-0.15, -0.1) is 10.2 Å². The minimum Gasteiger partial charge on any atom is -0.493 e. The molecule has 1 heterocycles. The zero-order valence-electron chi connectivity index (χ0n) is 12.8. The Morgan fingerprint density at radius 1 is 1.25 bits per heavy atom. The Morgan fingerprint density at radius 2 is 2.00 bits per heavy atom. The van der Waals surface area contributed by atoms with E-state index in [0.717, 1.165) is 11.1 Å². The van der Waals surface area contributed by atoms with Crippen LogP contribution < -0.4 is 4.74 Å². The first-order valence-corrected chi connectivity index (χ1v) is 7.55. The molecule has 1 aromatic heterocycles. The fraction of sp³-hybridized carbons (Fsp3) is 0.118. The summed E-state index contributed by atoms with van der Waals surface area (Å²) in [4.78, 5) is 14.6. The molecule has 0 aliphatic rings. The fourth-order valence-electron chi connectivity index (χ4n) is 2.25. The minimum absolute atomic E-state index is 0.130. The predicted octanol–water partition coefficient (Wildman–Crippen LogP) is 4.52. The summed E-state index contributed by atoms with van der Waals surface area (Å²) in [6, 6.07) is 12.2. The van der Waals surface area contributed by atoms with Crippen LogP contribution in [0.15, 0.2) is 52.7 Å². The highest BCUT2D eigenvalue weighted by atomic mass is 35.5. The molecule has 24 heavy (non-hydrogen) atoms. The lowest BCUT2D eigenvalue weighted by atomic mass is 10.1. The van der Waals surface area contributed by atoms with Gasteiger partial charge in [0.1, 0.15) is 5.75 Å². The molecule has 0 radical (unpaired) electrons. The van der Waals surface area contributed by atoms with Gasteiger partial charge in [0.25, 0.3) is 0 Å². The lowest BCUT2D eigenvalue weighted by molar-refractivity contribution is -0.120. The van der Waals surface area contributed by atoms with Gasteiger partial charge in [0.05, 0.1) is 5.52 Å². The second-order valence-corrected chi connectivity index (χ2v) is 5.59. The molecule has 0 saturated heterocycles. The number of fused-ring (bicyclic) bond motifs is 1. The van der Waals surface area contributed by atoms with Crippen molar-refractivity contribution in [3.8, 4) is 11.6 Å². The van der Waals surface area contributed by atoms with Gasteiger partial charge in [-0.05, 0) is 36.8 Å². The van der Waals surface area contributed by atoms with E-state index in [0.29, 0.717) is 16.2 Å². The van der Waals surface area contributed by atoms with Crippen molar-refractivity contribution < 1.29 is 14.6 Å². The van der Waals surface area contributed by atoms with Gasteiger partial charge in [0.2, 0.25) is 5.88 Å². The summed E-state index contributed by atoms with van der Waals surface area (Å²) in [5.41, 5.74) is 1.95. The molecule has 0 unspecified atom stereocenters. The number of amides is 1. The monoisotopic (exact) mass is 343 g/mol. The highest BCUT2D eigenvalue weighted by Crippen LogP contribution is 2.36. The number of aryl methyl sites for hydroxylation is 1. The van der Waals surface area contributed by atoms with Crippen LogP contribution in [0.4, 0.5) is 5.69 Å². The van der Waals surface area contributed by atoms with E-state index in [-0.39, 0.29) is 18.2 Å². The van der Waals surface area contributed by atoms with Crippen LogP contribution in [0.1, 0.15) is 5.56 Å². The zero-order valence-corrected chi connectivity index (χ0v) is 13.5. The zero-order chi connectivity index (χ0) is 17.1. The number of carbonyl (C=O) groups is 1. The number of hydrogen-bond donors (Lipinski definition) is 2. The van der Waals surface area contributed by atoms with Crippen molar-refractivity contribution >= 4 is 34.1 Å². The quantitative estimate of drug-likeness (QED) is 0.682. The van der Waals surface area contributed by atoms with Crippen molar-refractivity contribution in [2.45, 2.75) is 6.92 Å². The molecule has 3 rings (SSSR count). The minimum atomic E-state index is -0.564. The summed E-state index contributed by atoms with van der Waals surface area (Å²) in [7, 11) is 0. The van der Waals surface area contributed by atoms with Crippen molar-refractivity contribution in [3.63, 3.8) is 0 Å². The number of aromatic nitrogens is 1. The molecule has 3 aromatic rings. The van der Waals surface area contributed by atoms with Crippen molar-refractivity contribution in [3.05, 3.63) is 53.1 Å². The van der Waals surface area contributed by atoms with E-state index in [2.05, 4.69) is 15.2 Å². The number of aromatic amines is 1. The van der Waals surface area contributed by atoms with Crippen LogP contribution >= 0.6 is 11.6 Å². The molecule has 1 amide bonds. The summed E-state index contributed by atoms with van der Waals surface area (Å²) >= 11 is 5.77. The Balaban J connectivity index is 1.71. The molecule has 0 fully saturated rings. The first kappa shape index (κ1) is 16.0. The molecular formula is C17H14ClN3O3. The van der Waals surface area contributed by atoms with E-state index in [9.17, 15) is 9.90 Å². The Morgan fingerprint density at radius 3 is 2.75 bits per heavy atom. The van der Waals surface area contributed by atoms with E-state index < -0.39 is 5.91 Å². The number of nitrogens with one attached hydrogen (secondary N) is 1. The Hall–Kier alpha value is -2.86. The Kier molecular flexibility index (Phi) is 4.48. The molecule has 0 saturated carbocycles. The Labute approximate surface area is 142 Å². The summed E-state index contributed by atoms with van der Waals surface area (Å²) in [6.45, 7) is 1.65. The average Bonchev–Trinajstić information content (AvgIpc) is 2.89. The number of para-hydroxylation sites is 1. The Bertz CT molecular complexity index is 917. The number of nitrogens with zero attached hydrogens (tertiary/aromatic N) is 2. The van der Waals surface area contributed by atoms with E-state index in [4.69, 9.17) is 16.3 Å². The van der Waals surface area contributed by atoms with E-state index in [1.807, 2.05) is 19.1 Å². The van der Waals surface area contributed by atoms with Crippen LogP contribution in [0.5, 0.6) is 11.6 Å². The molecule has 122 valence electrons. The summed E-state index contributed by atoms with van der Waals surface area (Å²) in [6.07, 6.45) is 0. The predicted molar refractivity (Wildman–Crippen MR) is 91.2 cm³/mol. The average molecular weight is 344 g/mol. The summed E-state index contributed by atoms with van der Waals surface area (Å²) < 4.78 is 5.30. The lowest BCUT2D eigenvalue weighted by Crippen LogP contribution is -2.07. The van der Waals surface area contributed by atoms with Crippen LogP contribution in [0.25, 0.3) is 10.9 Å². The van der Waals surface area contributed by atoms with E-state index in [1.165, 1.54) is 0 Å². The molecule has 0 aliphatic heterocycles. The smallest absolute Gasteiger partial charge is 0.302 e. The maximum atomic E-state index is 11.8. The topological polar surface area (TPSA) is 87.0 Å². The third-order valence-electron chi connectivity index (χ3n) is 3.43. The number of aromatic hydroxyl groups is 1. The highest BCUT2D eigenvalue weighted by molar-refractivity contribution is 6.30. The number of hydrogen-bond acceptors (Lipinski definition) is 4. The lowest BCUT2D eigenvalue weighted by Gasteiger charge is -2.02. The van der Waals surface area contributed by atoms with Gasteiger partial charge in [-0.2, -0.15) is 0 Å². The summed E-state index contributed by atoms with van der Waals surface area (Å²) in [5, 5.41) is 18.7. The molecule has 6 nitrogen and oxygen atoms in total. The normalized spacial score (nSPS) is 11.2. The molecule has 7 heteroatoms. The van der Waals surface area contributed by atoms with Crippen LogP contribution in [0, 0.1) is 6.92 Å². The largest absolute Gasteiger partial charge is 0.493 e. The first-order valence-electron chi connectivity index (χ1n) is 7.18. The van der Waals surface area contributed by atoms with Crippen molar-refractivity contribution in [2.75, 3.05) is 6.61 Å². The number of ether oxygens (including phenoxy) is 1. The number of carbonyl (C=O) groups excluding carboxylic acids is 1. The second kappa shape index (κ2) is 6.72. The second-order valence-electron chi connectivity index (χ2n) is 5.16. The van der Waals surface area contributed by atoms with Gasteiger partial charge in [-0.1, -0.05) is 29.8 Å². The first-order chi connectivity index (χ1) is 11.5. The van der Waals surface area contributed by atoms with Gasteiger partial charge in [0, 0.05) is 10.4 Å².